The van der Waals surface area contributed by atoms with Crippen LogP contribution >= 0.6 is 0 Å². The number of rotatable bonds is 10. The third kappa shape index (κ3) is 7.04. The molecule has 34 heavy (non-hydrogen) atoms. The quantitative estimate of drug-likeness (QED) is 0.247. The van der Waals surface area contributed by atoms with Crippen LogP contribution in [0, 0.1) is 0 Å². The number of nitrogens with one attached hydrogen (secondary N) is 1. The van der Waals surface area contributed by atoms with E-state index in [1.165, 1.54) is 25.3 Å². The van der Waals surface area contributed by atoms with Gasteiger partial charge in [-0.2, -0.15) is 0 Å². The fourth-order valence-corrected chi connectivity index (χ4v) is 5.49. The van der Waals surface area contributed by atoms with Crippen LogP contribution in [0.2, 0.25) is 0 Å². The van der Waals surface area contributed by atoms with Crippen LogP contribution in [-0.4, -0.2) is 35.0 Å². The van der Waals surface area contributed by atoms with Gasteiger partial charge in [-0.05, 0) is 77.8 Å². The van der Waals surface area contributed by atoms with E-state index in [4.69, 9.17) is 4.74 Å². The van der Waals surface area contributed by atoms with Crippen molar-refractivity contribution in [1.29, 1.82) is 0 Å². The van der Waals surface area contributed by atoms with Crippen molar-refractivity contribution in [3.63, 3.8) is 0 Å². The van der Waals surface area contributed by atoms with Gasteiger partial charge in [0, 0.05) is 6.54 Å². The first-order valence-electron chi connectivity index (χ1n) is 10.7. The van der Waals surface area contributed by atoms with Gasteiger partial charge in [0.05, 0.1) is 16.9 Å². The molecule has 7 nitrogen and oxygen atoms in total. The maximum Gasteiger partial charge on any atom is 1.00 e. The summed E-state index contributed by atoms with van der Waals surface area (Å²) in [6.07, 6.45) is 1.70. The molecule has 10 heteroatoms. The molecule has 2 aliphatic rings. The normalized spacial score (nSPS) is 12.0. The SMILES string of the molecule is COc1ccc(S(=O)(=O)NCCCCc2cc(S(=O)(=O)[O-])c3ccc(C(C)C)ccc2-3)cc1.[Na+]. The molecule has 0 atom stereocenters. The average Bonchev–Trinajstić information content (AvgIpc) is 2.96. The Morgan fingerprint density at radius 1 is 0.912 bits per heavy atom. The van der Waals surface area contributed by atoms with Crippen LogP contribution in [0.5, 0.6) is 5.75 Å². The van der Waals surface area contributed by atoms with E-state index in [9.17, 15) is 21.4 Å². The number of ether oxygens (including phenoxy) is 1. The fourth-order valence-electron chi connectivity index (χ4n) is 3.69. The van der Waals surface area contributed by atoms with Gasteiger partial charge in [-0.3, -0.25) is 0 Å². The number of hydrogen-bond donors (Lipinski definition) is 1. The number of benzene rings is 1. The smallest absolute Gasteiger partial charge is 0.744 e. The molecule has 0 radical (unpaired) electrons. The first-order valence-corrected chi connectivity index (χ1v) is 13.6. The molecule has 3 rings (SSSR count). The number of sulfonamides is 1. The van der Waals surface area contributed by atoms with Crippen LogP contribution in [0.25, 0.3) is 11.1 Å². The summed E-state index contributed by atoms with van der Waals surface area (Å²) < 4.78 is 67.9. The van der Waals surface area contributed by atoms with Gasteiger partial charge in [-0.1, -0.05) is 38.1 Å². The monoisotopic (exact) mass is 513 g/mol. The molecular weight excluding hydrogens is 485 g/mol. The van der Waals surface area contributed by atoms with Gasteiger partial charge in [0.2, 0.25) is 10.0 Å². The summed E-state index contributed by atoms with van der Waals surface area (Å²) >= 11 is 0. The zero-order chi connectivity index (χ0) is 24.2. The van der Waals surface area contributed by atoms with Crippen LogP contribution in [0.1, 0.15) is 43.7 Å². The molecule has 0 saturated heterocycles. The Morgan fingerprint density at radius 3 is 2.09 bits per heavy atom. The van der Waals surface area contributed by atoms with E-state index < -0.39 is 20.1 Å². The summed E-state index contributed by atoms with van der Waals surface area (Å²) in [7, 11) is -6.73. The number of unbranched alkanes of at least 4 members (excludes halogenated alkanes) is 1. The van der Waals surface area contributed by atoms with Crippen molar-refractivity contribution < 1.29 is 55.7 Å². The van der Waals surface area contributed by atoms with Gasteiger partial charge in [-0.25, -0.2) is 21.6 Å². The Bertz CT molecular complexity index is 1290. The predicted molar refractivity (Wildman–Crippen MR) is 126 cm³/mol. The predicted octanol–water partition coefficient (Wildman–Crippen LogP) is 1.13. The zero-order valence-electron chi connectivity index (χ0n) is 19.9. The van der Waals surface area contributed by atoms with Gasteiger partial charge in [0.25, 0.3) is 0 Å². The molecule has 178 valence electrons. The second-order valence-corrected chi connectivity index (χ2v) is 11.3. The molecule has 1 aromatic rings. The molecule has 1 aromatic carbocycles. The summed E-state index contributed by atoms with van der Waals surface area (Å²) in [6, 6.07) is 14.9. The molecule has 0 heterocycles. The maximum absolute atomic E-state index is 12.4. The standard InChI is InChI=1S/C24H29NO6S2.Na/c1-17(2)18-7-13-22-19(16-24(33(28,29)30)23(22)14-8-18)6-4-5-15-25-32(26,27)21-11-9-20(31-3)10-12-21;/h7-14,16-17,25H,4-6,15H2,1-3H3,(H,28,29,30);/q;+1/p-1. The maximum atomic E-state index is 12.4. The summed E-state index contributed by atoms with van der Waals surface area (Å²) in [5.74, 6) is 0.834. The van der Waals surface area contributed by atoms with Crippen LogP contribution in [-0.2, 0) is 26.6 Å². The molecule has 0 unspecified atom stereocenters. The van der Waals surface area contributed by atoms with Gasteiger partial charge >= 0.3 is 29.6 Å². The van der Waals surface area contributed by atoms with E-state index in [0.717, 1.165) is 16.7 Å². The molecule has 0 aliphatic heterocycles. The Balaban J connectivity index is 0.00000408. The summed E-state index contributed by atoms with van der Waals surface area (Å²) in [5, 5.41) is 0. The van der Waals surface area contributed by atoms with Crippen LogP contribution in [0.3, 0.4) is 0 Å². The largest absolute Gasteiger partial charge is 1.00 e. The van der Waals surface area contributed by atoms with Crippen molar-refractivity contribution in [2.24, 2.45) is 0 Å². The van der Waals surface area contributed by atoms with Gasteiger partial charge in [-0.15, -0.1) is 0 Å². The Kier molecular flexibility index (Phi) is 10.1. The molecular formula is C24H28NNaO6S2. The Labute approximate surface area is 224 Å². The first kappa shape index (κ1) is 28.8. The summed E-state index contributed by atoms with van der Waals surface area (Å²) in [5.41, 5.74) is 2.96. The van der Waals surface area contributed by atoms with Crippen LogP contribution in [0.15, 0.2) is 64.4 Å². The summed E-state index contributed by atoms with van der Waals surface area (Å²) in [4.78, 5) is -0.0531. The van der Waals surface area contributed by atoms with E-state index in [2.05, 4.69) is 4.72 Å². The molecule has 0 fully saturated rings. The molecule has 0 aromatic heterocycles. The molecule has 0 spiro atoms. The van der Waals surface area contributed by atoms with Crippen LogP contribution < -0.4 is 39.0 Å². The molecule has 1 N–H and O–H groups in total. The van der Waals surface area contributed by atoms with Crippen LogP contribution in [0.4, 0.5) is 0 Å². The second kappa shape index (κ2) is 12.0. The minimum atomic E-state index is -4.61. The minimum Gasteiger partial charge on any atom is -0.744 e. The zero-order valence-corrected chi connectivity index (χ0v) is 23.5. The Hall–Kier alpha value is -1.46. The van der Waals surface area contributed by atoms with Crippen molar-refractivity contribution in [2.45, 2.75) is 48.8 Å². The van der Waals surface area contributed by atoms with E-state index in [-0.39, 0.29) is 51.8 Å². The minimum absolute atomic E-state index is 0. The van der Waals surface area contributed by atoms with E-state index >= 15 is 0 Å². The second-order valence-electron chi connectivity index (χ2n) is 8.17. The molecule has 0 amide bonds. The van der Waals surface area contributed by atoms with Gasteiger partial charge in [0.15, 0.2) is 0 Å². The third-order valence-electron chi connectivity index (χ3n) is 5.56. The number of aryl methyl sites for hydroxylation is 1. The first-order chi connectivity index (χ1) is 15.5. The number of hydrogen-bond acceptors (Lipinski definition) is 6. The summed E-state index contributed by atoms with van der Waals surface area (Å²) in [6.45, 7) is 4.32. The average molecular weight is 514 g/mol. The number of fused-ring (bicyclic) bond motifs is 1. The van der Waals surface area contributed by atoms with Crippen molar-refractivity contribution in [3.05, 3.63) is 65.7 Å². The van der Waals surface area contributed by atoms with Gasteiger partial charge < -0.3 is 9.29 Å². The van der Waals surface area contributed by atoms with E-state index in [0.29, 0.717) is 30.6 Å². The number of methoxy groups -OCH3 is 1. The topological polar surface area (TPSA) is 113 Å². The third-order valence-corrected chi connectivity index (χ3v) is 7.92. The molecule has 0 bridgehead atoms. The molecule has 0 saturated carbocycles. The van der Waals surface area contributed by atoms with Crippen molar-refractivity contribution in [1.82, 2.24) is 4.72 Å². The van der Waals surface area contributed by atoms with Crippen molar-refractivity contribution in [2.75, 3.05) is 13.7 Å². The fraction of sp³-hybridized carbons (Fsp3) is 0.333. The molecule has 2 aliphatic carbocycles. The Morgan fingerprint density at radius 2 is 1.53 bits per heavy atom. The van der Waals surface area contributed by atoms with Crippen molar-refractivity contribution >= 4 is 20.1 Å². The van der Waals surface area contributed by atoms with E-state index in [1.54, 1.807) is 18.2 Å². The van der Waals surface area contributed by atoms with Gasteiger partial charge in [0.1, 0.15) is 15.9 Å². The van der Waals surface area contributed by atoms with Crippen molar-refractivity contribution in [3.8, 4) is 16.9 Å². The van der Waals surface area contributed by atoms with E-state index in [1.807, 2.05) is 32.0 Å².